The smallest absolute Gasteiger partial charge is 0.347 e. The van der Waals surface area contributed by atoms with Crippen molar-refractivity contribution in [3.05, 3.63) is 29.3 Å². The number of carbonyl (C=O) groups is 1. The topological polar surface area (TPSA) is 35.5 Å². The van der Waals surface area contributed by atoms with E-state index in [1.165, 1.54) is 37.7 Å². The van der Waals surface area contributed by atoms with E-state index in [-0.39, 0.29) is 5.97 Å². The van der Waals surface area contributed by atoms with E-state index in [0.29, 0.717) is 18.9 Å². The van der Waals surface area contributed by atoms with Crippen LogP contribution in [0.2, 0.25) is 0 Å². The molecular formula is C17H22O3. The van der Waals surface area contributed by atoms with Gasteiger partial charge in [-0.15, -0.1) is 0 Å². The first kappa shape index (κ1) is 13.5. The van der Waals surface area contributed by atoms with E-state index in [9.17, 15) is 4.79 Å². The fourth-order valence-electron chi connectivity index (χ4n) is 3.33. The standard InChI is InChI=1S/C17H22O3/c1-2-19-17(18)16-11-14-10-13(8-9-15(14)20-16)12-6-4-3-5-7-12/h8-10,12,16H,2-7,11H2,1H3. The molecule has 3 rings (SSSR count). The molecular weight excluding hydrogens is 252 g/mol. The molecule has 20 heavy (non-hydrogen) atoms. The summed E-state index contributed by atoms with van der Waals surface area (Å²) in [6, 6.07) is 6.44. The minimum Gasteiger partial charge on any atom is -0.478 e. The van der Waals surface area contributed by atoms with Crippen LogP contribution in [0.25, 0.3) is 0 Å². The molecule has 2 aliphatic rings. The Hall–Kier alpha value is -1.51. The van der Waals surface area contributed by atoms with Crippen LogP contribution < -0.4 is 4.74 Å². The van der Waals surface area contributed by atoms with Crippen molar-refractivity contribution in [3.8, 4) is 5.75 Å². The summed E-state index contributed by atoms with van der Waals surface area (Å²) in [6.45, 7) is 2.23. The number of fused-ring (bicyclic) bond motifs is 1. The summed E-state index contributed by atoms with van der Waals surface area (Å²) in [5.74, 6) is 1.29. The second-order valence-corrected chi connectivity index (χ2v) is 5.76. The molecule has 0 amide bonds. The predicted molar refractivity (Wildman–Crippen MR) is 77.0 cm³/mol. The molecule has 0 bridgehead atoms. The Bertz CT molecular complexity index is 489. The minimum absolute atomic E-state index is 0.247. The second-order valence-electron chi connectivity index (χ2n) is 5.76. The maximum absolute atomic E-state index is 11.8. The van der Waals surface area contributed by atoms with Gasteiger partial charge in [0.25, 0.3) is 0 Å². The number of carbonyl (C=O) groups excluding carboxylic acids is 1. The molecule has 1 aromatic rings. The van der Waals surface area contributed by atoms with Crippen LogP contribution in [-0.4, -0.2) is 18.7 Å². The largest absolute Gasteiger partial charge is 0.478 e. The molecule has 1 heterocycles. The lowest BCUT2D eigenvalue weighted by Gasteiger charge is -2.22. The molecule has 1 aliphatic heterocycles. The number of ether oxygens (including phenoxy) is 2. The van der Waals surface area contributed by atoms with E-state index < -0.39 is 6.10 Å². The third kappa shape index (κ3) is 2.67. The van der Waals surface area contributed by atoms with Crippen molar-refractivity contribution in [1.29, 1.82) is 0 Å². The van der Waals surface area contributed by atoms with Gasteiger partial charge in [-0.3, -0.25) is 0 Å². The fraction of sp³-hybridized carbons (Fsp3) is 0.588. The Labute approximate surface area is 120 Å². The van der Waals surface area contributed by atoms with Crippen LogP contribution in [0, 0.1) is 0 Å². The molecule has 0 radical (unpaired) electrons. The summed E-state index contributed by atoms with van der Waals surface area (Å²) >= 11 is 0. The number of esters is 1. The van der Waals surface area contributed by atoms with E-state index in [2.05, 4.69) is 12.1 Å². The number of hydrogen-bond donors (Lipinski definition) is 0. The monoisotopic (exact) mass is 274 g/mol. The van der Waals surface area contributed by atoms with Gasteiger partial charge in [0.15, 0.2) is 6.10 Å². The van der Waals surface area contributed by atoms with Crippen LogP contribution in [0.1, 0.15) is 56.1 Å². The highest BCUT2D eigenvalue weighted by Gasteiger charge is 2.31. The lowest BCUT2D eigenvalue weighted by Crippen LogP contribution is -2.27. The van der Waals surface area contributed by atoms with Crippen molar-refractivity contribution in [2.24, 2.45) is 0 Å². The van der Waals surface area contributed by atoms with Crippen molar-refractivity contribution in [1.82, 2.24) is 0 Å². The summed E-state index contributed by atoms with van der Waals surface area (Å²) < 4.78 is 10.7. The highest BCUT2D eigenvalue weighted by Crippen LogP contribution is 2.37. The van der Waals surface area contributed by atoms with Gasteiger partial charge in [0, 0.05) is 6.42 Å². The molecule has 0 saturated heterocycles. The third-order valence-electron chi connectivity index (χ3n) is 4.39. The third-order valence-corrected chi connectivity index (χ3v) is 4.39. The van der Waals surface area contributed by atoms with Crippen LogP contribution in [0.3, 0.4) is 0 Å². The molecule has 0 spiro atoms. The molecule has 1 saturated carbocycles. The summed E-state index contributed by atoms with van der Waals surface area (Å²) in [4.78, 5) is 11.8. The van der Waals surface area contributed by atoms with Gasteiger partial charge >= 0.3 is 5.97 Å². The molecule has 108 valence electrons. The molecule has 3 heteroatoms. The summed E-state index contributed by atoms with van der Waals surface area (Å²) in [7, 11) is 0. The molecule has 1 fully saturated rings. The fourth-order valence-corrected chi connectivity index (χ4v) is 3.33. The lowest BCUT2D eigenvalue weighted by molar-refractivity contribution is -0.150. The van der Waals surface area contributed by atoms with Gasteiger partial charge in [-0.2, -0.15) is 0 Å². The van der Waals surface area contributed by atoms with Crippen molar-refractivity contribution in [2.75, 3.05) is 6.61 Å². The normalized spacial score (nSPS) is 22.1. The molecule has 3 nitrogen and oxygen atoms in total. The Morgan fingerprint density at radius 2 is 2.10 bits per heavy atom. The van der Waals surface area contributed by atoms with E-state index in [1.807, 2.05) is 13.0 Å². The molecule has 0 aromatic heterocycles. The zero-order valence-electron chi connectivity index (χ0n) is 12.1. The molecule has 1 unspecified atom stereocenters. The van der Waals surface area contributed by atoms with Gasteiger partial charge in [-0.05, 0) is 42.9 Å². The molecule has 0 N–H and O–H groups in total. The van der Waals surface area contributed by atoms with Gasteiger partial charge < -0.3 is 9.47 Å². The van der Waals surface area contributed by atoms with E-state index in [0.717, 1.165) is 11.3 Å². The van der Waals surface area contributed by atoms with Crippen molar-refractivity contribution in [3.63, 3.8) is 0 Å². The van der Waals surface area contributed by atoms with Gasteiger partial charge in [0.05, 0.1) is 6.61 Å². The number of benzene rings is 1. The van der Waals surface area contributed by atoms with E-state index in [1.54, 1.807) is 0 Å². The van der Waals surface area contributed by atoms with Crippen LogP contribution >= 0.6 is 0 Å². The zero-order chi connectivity index (χ0) is 13.9. The zero-order valence-corrected chi connectivity index (χ0v) is 12.1. The Morgan fingerprint density at radius 3 is 2.85 bits per heavy atom. The predicted octanol–water partition coefficient (Wildman–Crippen LogP) is 3.60. The quantitative estimate of drug-likeness (QED) is 0.790. The molecule has 1 aliphatic carbocycles. The maximum atomic E-state index is 11.8. The average Bonchev–Trinajstić information content (AvgIpc) is 2.91. The van der Waals surface area contributed by atoms with Gasteiger partial charge in [0.1, 0.15) is 5.75 Å². The van der Waals surface area contributed by atoms with E-state index in [4.69, 9.17) is 9.47 Å². The summed E-state index contributed by atoms with van der Waals surface area (Å²) in [5, 5.41) is 0. The van der Waals surface area contributed by atoms with Crippen LogP contribution in [0.4, 0.5) is 0 Å². The Kier molecular flexibility index (Phi) is 3.95. The van der Waals surface area contributed by atoms with Gasteiger partial charge in [-0.25, -0.2) is 4.79 Å². The SMILES string of the molecule is CCOC(=O)C1Cc2cc(C3CCCCC3)ccc2O1. The van der Waals surface area contributed by atoms with Crippen molar-refractivity contribution >= 4 is 5.97 Å². The Balaban J connectivity index is 1.72. The van der Waals surface area contributed by atoms with Crippen LogP contribution in [0.5, 0.6) is 5.75 Å². The first-order chi connectivity index (χ1) is 9.78. The highest BCUT2D eigenvalue weighted by atomic mass is 16.6. The first-order valence-corrected chi connectivity index (χ1v) is 7.74. The molecule has 1 atom stereocenters. The van der Waals surface area contributed by atoms with Crippen LogP contribution in [0.15, 0.2) is 18.2 Å². The van der Waals surface area contributed by atoms with Gasteiger partial charge in [0.2, 0.25) is 0 Å². The van der Waals surface area contributed by atoms with Gasteiger partial charge in [-0.1, -0.05) is 31.4 Å². The van der Waals surface area contributed by atoms with E-state index >= 15 is 0 Å². The van der Waals surface area contributed by atoms with Crippen LogP contribution in [-0.2, 0) is 16.0 Å². The molecule has 1 aromatic carbocycles. The number of rotatable bonds is 3. The number of hydrogen-bond acceptors (Lipinski definition) is 3. The Morgan fingerprint density at radius 1 is 1.30 bits per heavy atom. The second kappa shape index (κ2) is 5.86. The first-order valence-electron chi connectivity index (χ1n) is 7.74. The summed E-state index contributed by atoms with van der Waals surface area (Å²) in [6.07, 6.45) is 6.83. The van der Waals surface area contributed by atoms with Crippen molar-refractivity contribution < 1.29 is 14.3 Å². The average molecular weight is 274 g/mol. The minimum atomic E-state index is -0.452. The highest BCUT2D eigenvalue weighted by molar-refractivity contribution is 5.77. The lowest BCUT2D eigenvalue weighted by atomic mass is 9.83. The van der Waals surface area contributed by atoms with Crippen molar-refractivity contribution in [2.45, 2.75) is 57.5 Å². The maximum Gasteiger partial charge on any atom is 0.347 e. The summed E-state index contributed by atoms with van der Waals surface area (Å²) in [5.41, 5.74) is 2.57.